The summed E-state index contributed by atoms with van der Waals surface area (Å²) >= 11 is 0. The molecule has 1 heterocycles. The van der Waals surface area contributed by atoms with E-state index in [1.165, 1.54) is 12.8 Å². The molecule has 2 aliphatic rings. The highest BCUT2D eigenvalue weighted by molar-refractivity contribution is 4.98. The average molecular weight is 242 g/mol. The van der Waals surface area contributed by atoms with Gasteiger partial charge in [0.05, 0.1) is 12.2 Å². The predicted octanol–water partition coefficient (Wildman–Crippen LogP) is 0.445. The zero-order chi connectivity index (χ0) is 12.3. The van der Waals surface area contributed by atoms with E-state index in [4.69, 9.17) is 10.5 Å². The van der Waals surface area contributed by atoms with Crippen LogP contribution in [0.2, 0.25) is 0 Å². The van der Waals surface area contributed by atoms with Crippen LogP contribution in [0.15, 0.2) is 0 Å². The number of nitrogens with zero attached hydrogens (tertiary/aromatic N) is 1. The third-order valence-electron chi connectivity index (χ3n) is 4.19. The van der Waals surface area contributed by atoms with E-state index in [9.17, 15) is 5.11 Å². The van der Waals surface area contributed by atoms with Crippen molar-refractivity contribution in [3.05, 3.63) is 0 Å². The Kier molecular flexibility index (Phi) is 4.42. The maximum Gasteiger partial charge on any atom is 0.0923 e. The van der Waals surface area contributed by atoms with Gasteiger partial charge in [0.1, 0.15) is 0 Å². The number of rotatable bonds is 6. The molecule has 0 bridgehead atoms. The van der Waals surface area contributed by atoms with Crippen molar-refractivity contribution in [1.82, 2.24) is 4.90 Å². The molecule has 0 aromatic carbocycles. The van der Waals surface area contributed by atoms with Crippen molar-refractivity contribution in [3.8, 4) is 0 Å². The summed E-state index contributed by atoms with van der Waals surface area (Å²) in [5, 5.41) is 10.5. The van der Waals surface area contributed by atoms with Crippen LogP contribution in [0.25, 0.3) is 0 Å². The normalized spacial score (nSPS) is 30.2. The van der Waals surface area contributed by atoms with Gasteiger partial charge in [-0.2, -0.15) is 0 Å². The van der Waals surface area contributed by atoms with Crippen LogP contribution in [0.4, 0.5) is 0 Å². The highest BCUT2D eigenvalue weighted by Crippen LogP contribution is 2.40. The van der Waals surface area contributed by atoms with E-state index in [-0.39, 0.29) is 0 Å². The lowest BCUT2D eigenvalue weighted by atomic mass is 9.93. The summed E-state index contributed by atoms with van der Waals surface area (Å²) in [6.45, 7) is 4.11. The fraction of sp³-hybridized carbons (Fsp3) is 1.00. The Labute approximate surface area is 104 Å². The van der Waals surface area contributed by atoms with E-state index in [1.807, 2.05) is 0 Å². The van der Waals surface area contributed by atoms with Gasteiger partial charge in [0.25, 0.3) is 0 Å². The number of hydrogen-bond donors (Lipinski definition) is 2. The Morgan fingerprint density at radius 3 is 2.76 bits per heavy atom. The first-order chi connectivity index (χ1) is 8.18. The molecule has 0 spiro atoms. The van der Waals surface area contributed by atoms with Crippen LogP contribution >= 0.6 is 0 Å². The summed E-state index contributed by atoms with van der Waals surface area (Å²) in [4.78, 5) is 2.37. The van der Waals surface area contributed by atoms with Crippen molar-refractivity contribution in [2.45, 2.75) is 31.3 Å². The molecule has 4 heteroatoms. The van der Waals surface area contributed by atoms with E-state index in [2.05, 4.69) is 4.90 Å². The lowest BCUT2D eigenvalue weighted by Gasteiger charge is -2.38. The van der Waals surface area contributed by atoms with Gasteiger partial charge in [-0.05, 0) is 44.1 Å². The van der Waals surface area contributed by atoms with Crippen LogP contribution in [0.5, 0.6) is 0 Å². The molecule has 1 saturated carbocycles. The summed E-state index contributed by atoms with van der Waals surface area (Å²) in [7, 11) is 1.76. The number of piperidine rings is 1. The Hall–Kier alpha value is -0.160. The predicted molar refractivity (Wildman–Crippen MR) is 67.8 cm³/mol. The molecule has 0 aromatic rings. The molecule has 2 unspecified atom stereocenters. The standard InChI is InChI=1S/C13H26N2O2/c1-17-8-11-3-2-6-15(7-11)10-13(16,9-14)12-4-5-12/h11-12,16H,2-10,14H2,1H3. The van der Waals surface area contributed by atoms with Crippen LogP contribution in [-0.4, -0.2) is 55.5 Å². The van der Waals surface area contributed by atoms with Crippen LogP contribution < -0.4 is 5.73 Å². The highest BCUT2D eigenvalue weighted by Gasteiger charge is 2.44. The van der Waals surface area contributed by atoms with Gasteiger partial charge in [-0.1, -0.05) is 0 Å². The first-order valence-electron chi connectivity index (χ1n) is 6.81. The van der Waals surface area contributed by atoms with Gasteiger partial charge in [0.15, 0.2) is 0 Å². The summed E-state index contributed by atoms with van der Waals surface area (Å²) < 4.78 is 5.23. The van der Waals surface area contributed by atoms with E-state index < -0.39 is 5.60 Å². The lowest BCUT2D eigenvalue weighted by molar-refractivity contribution is -0.0231. The zero-order valence-corrected chi connectivity index (χ0v) is 10.9. The molecule has 1 aliphatic heterocycles. The third kappa shape index (κ3) is 3.41. The van der Waals surface area contributed by atoms with Gasteiger partial charge in [-0.15, -0.1) is 0 Å². The molecule has 1 saturated heterocycles. The minimum absolute atomic E-state index is 0.392. The zero-order valence-electron chi connectivity index (χ0n) is 10.9. The fourth-order valence-electron chi connectivity index (χ4n) is 3.03. The molecule has 2 fully saturated rings. The summed E-state index contributed by atoms with van der Waals surface area (Å²) in [6, 6.07) is 0. The minimum Gasteiger partial charge on any atom is -0.387 e. The Balaban J connectivity index is 1.84. The summed E-state index contributed by atoms with van der Waals surface area (Å²) in [6.07, 6.45) is 4.74. The molecule has 4 nitrogen and oxygen atoms in total. The molecule has 2 rings (SSSR count). The molecular weight excluding hydrogens is 216 g/mol. The van der Waals surface area contributed by atoms with Crippen LogP contribution in [-0.2, 0) is 4.74 Å². The maximum absolute atomic E-state index is 10.5. The second-order valence-electron chi connectivity index (χ2n) is 5.78. The lowest BCUT2D eigenvalue weighted by Crippen LogP contribution is -2.52. The summed E-state index contributed by atoms with van der Waals surface area (Å²) in [5.74, 6) is 1.06. The van der Waals surface area contributed by atoms with Crippen molar-refractivity contribution >= 4 is 0 Å². The first-order valence-corrected chi connectivity index (χ1v) is 6.81. The third-order valence-corrected chi connectivity index (χ3v) is 4.19. The smallest absolute Gasteiger partial charge is 0.0923 e. The Morgan fingerprint density at radius 2 is 2.18 bits per heavy atom. The van der Waals surface area contributed by atoms with Crippen LogP contribution in [0, 0.1) is 11.8 Å². The second-order valence-corrected chi connectivity index (χ2v) is 5.78. The van der Waals surface area contributed by atoms with Crippen molar-refractivity contribution in [2.75, 3.05) is 39.9 Å². The molecule has 1 aliphatic carbocycles. The molecular formula is C13H26N2O2. The maximum atomic E-state index is 10.5. The van der Waals surface area contributed by atoms with Crippen molar-refractivity contribution in [3.63, 3.8) is 0 Å². The monoisotopic (exact) mass is 242 g/mol. The molecule has 17 heavy (non-hydrogen) atoms. The van der Waals surface area contributed by atoms with E-state index >= 15 is 0 Å². The van der Waals surface area contributed by atoms with Crippen LogP contribution in [0.1, 0.15) is 25.7 Å². The second kappa shape index (κ2) is 5.65. The number of hydrogen-bond acceptors (Lipinski definition) is 4. The molecule has 0 aromatic heterocycles. The number of ether oxygens (including phenoxy) is 1. The Morgan fingerprint density at radius 1 is 1.41 bits per heavy atom. The van der Waals surface area contributed by atoms with Gasteiger partial charge < -0.3 is 20.5 Å². The molecule has 0 radical (unpaired) electrons. The van der Waals surface area contributed by atoms with Gasteiger partial charge in [0.2, 0.25) is 0 Å². The van der Waals surface area contributed by atoms with Gasteiger partial charge >= 0.3 is 0 Å². The summed E-state index contributed by atoms with van der Waals surface area (Å²) in [5.41, 5.74) is 5.11. The van der Waals surface area contributed by atoms with Gasteiger partial charge in [-0.3, -0.25) is 0 Å². The van der Waals surface area contributed by atoms with Crippen molar-refractivity contribution in [2.24, 2.45) is 17.6 Å². The average Bonchev–Trinajstić information content (AvgIpc) is 3.14. The molecule has 3 N–H and O–H groups in total. The molecule has 2 atom stereocenters. The quantitative estimate of drug-likeness (QED) is 0.710. The number of methoxy groups -OCH3 is 1. The number of aliphatic hydroxyl groups is 1. The van der Waals surface area contributed by atoms with Gasteiger partial charge in [-0.25, -0.2) is 0 Å². The number of likely N-dealkylation sites (tertiary alicyclic amines) is 1. The fourth-order valence-corrected chi connectivity index (χ4v) is 3.03. The van der Waals surface area contributed by atoms with E-state index in [1.54, 1.807) is 7.11 Å². The Bertz CT molecular complexity index is 244. The topological polar surface area (TPSA) is 58.7 Å². The minimum atomic E-state index is -0.644. The SMILES string of the molecule is COCC1CCCN(CC(O)(CN)C2CC2)C1. The number of β-amino-alcohol motifs (C(OH)–C–C–N with tert-alkyl or cyclic N) is 1. The highest BCUT2D eigenvalue weighted by atomic mass is 16.5. The van der Waals surface area contributed by atoms with Gasteiger partial charge in [0, 0.05) is 26.7 Å². The van der Waals surface area contributed by atoms with E-state index in [0.29, 0.717) is 18.4 Å². The first kappa shape index (κ1) is 13.3. The molecule has 0 amide bonds. The largest absolute Gasteiger partial charge is 0.387 e. The molecule has 100 valence electrons. The van der Waals surface area contributed by atoms with Crippen LogP contribution in [0.3, 0.4) is 0 Å². The van der Waals surface area contributed by atoms with Crippen molar-refractivity contribution < 1.29 is 9.84 Å². The number of nitrogens with two attached hydrogens (primary N) is 1. The van der Waals surface area contributed by atoms with E-state index in [0.717, 1.165) is 39.1 Å². The van der Waals surface area contributed by atoms with Crippen molar-refractivity contribution in [1.29, 1.82) is 0 Å².